The van der Waals surface area contributed by atoms with Gasteiger partial charge in [-0.15, -0.1) is 0 Å². The van der Waals surface area contributed by atoms with Crippen molar-refractivity contribution in [3.05, 3.63) is 0 Å². The van der Waals surface area contributed by atoms with E-state index in [9.17, 15) is 5.11 Å². The lowest BCUT2D eigenvalue weighted by atomic mass is 9.78. The zero-order valence-corrected chi connectivity index (χ0v) is 7.65. The van der Waals surface area contributed by atoms with Crippen molar-refractivity contribution in [1.82, 2.24) is 5.32 Å². The zero-order valence-electron chi connectivity index (χ0n) is 7.65. The number of aliphatic hydroxyl groups is 1. The predicted molar refractivity (Wildman–Crippen MR) is 44.0 cm³/mol. The van der Waals surface area contributed by atoms with Crippen LogP contribution >= 0.6 is 0 Å². The molecule has 1 unspecified atom stereocenters. The molecule has 2 heteroatoms. The van der Waals surface area contributed by atoms with Crippen molar-refractivity contribution in [2.24, 2.45) is 5.41 Å². The summed E-state index contributed by atoms with van der Waals surface area (Å²) in [4.78, 5) is 0. The number of nitrogens with one attached hydrogen (secondary N) is 1. The molecule has 1 atom stereocenters. The van der Waals surface area contributed by atoms with Crippen molar-refractivity contribution < 1.29 is 5.11 Å². The summed E-state index contributed by atoms with van der Waals surface area (Å²) >= 11 is 0. The molecule has 0 aromatic heterocycles. The second-order valence-corrected chi connectivity index (χ2v) is 4.05. The van der Waals surface area contributed by atoms with Gasteiger partial charge in [-0.3, -0.25) is 0 Å². The molecule has 0 aromatic carbocycles. The number of likely N-dealkylation sites (N-methyl/N-ethyl adjacent to an activating group) is 1. The van der Waals surface area contributed by atoms with E-state index in [1.807, 2.05) is 34.7 Å². The van der Waals surface area contributed by atoms with Crippen LogP contribution in [0.5, 0.6) is 0 Å². The van der Waals surface area contributed by atoms with Crippen LogP contribution in [-0.4, -0.2) is 24.3 Å². The summed E-state index contributed by atoms with van der Waals surface area (Å²) in [6.45, 7) is 8.58. The molecule has 0 heterocycles. The summed E-state index contributed by atoms with van der Waals surface area (Å²) in [5.41, 5.74) is -0.683. The average Bonchev–Trinajstić information content (AvgIpc) is 1.61. The monoisotopic (exact) mass is 145 g/mol. The van der Waals surface area contributed by atoms with E-state index in [2.05, 4.69) is 5.32 Å². The number of rotatable bonds is 2. The van der Waals surface area contributed by atoms with Crippen LogP contribution < -0.4 is 5.32 Å². The highest BCUT2D eigenvalue weighted by Crippen LogP contribution is 2.28. The summed E-state index contributed by atoms with van der Waals surface area (Å²) in [5.74, 6) is 0. The van der Waals surface area contributed by atoms with Crippen LogP contribution in [-0.2, 0) is 0 Å². The Bertz CT molecular complexity index is 102. The smallest absolute Gasteiger partial charge is 0.0791 e. The van der Waals surface area contributed by atoms with Crippen molar-refractivity contribution in [2.75, 3.05) is 13.6 Å². The van der Waals surface area contributed by atoms with Crippen LogP contribution in [0.2, 0.25) is 0 Å². The van der Waals surface area contributed by atoms with Crippen LogP contribution in [0.4, 0.5) is 0 Å². The molecule has 0 aliphatic heterocycles. The molecule has 0 radical (unpaired) electrons. The lowest BCUT2D eigenvalue weighted by Crippen LogP contribution is -2.47. The molecule has 0 aliphatic rings. The lowest BCUT2D eigenvalue weighted by Gasteiger charge is -2.36. The molecule has 0 saturated heterocycles. The van der Waals surface area contributed by atoms with Gasteiger partial charge in [-0.25, -0.2) is 0 Å². The molecule has 0 amide bonds. The minimum absolute atomic E-state index is 0.0595. The van der Waals surface area contributed by atoms with Crippen LogP contribution in [0.1, 0.15) is 27.7 Å². The lowest BCUT2D eigenvalue weighted by molar-refractivity contribution is -0.0380. The Morgan fingerprint density at radius 3 is 1.70 bits per heavy atom. The van der Waals surface area contributed by atoms with E-state index in [4.69, 9.17) is 0 Å². The standard InChI is InChI=1S/C8H19NO/c1-7(2,3)8(4,10)6-9-5/h9-10H,6H2,1-5H3. The molecule has 10 heavy (non-hydrogen) atoms. The first-order chi connectivity index (χ1) is 4.31. The highest BCUT2D eigenvalue weighted by Gasteiger charge is 2.34. The fourth-order valence-electron chi connectivity index (χ4n) is 0.609. The third kappa shape index (κ3) is 2.27. The summed E-state index contributed by atoms with van der Waals surface area (Å²) in [7, 11) is 1.85. The van der Waals surface area contributed by atoms with Crippen LogP contribution in [0.15, 0.2) is 0 Å². The minimum atomic E-state index is -0.623. The van der Waals surface area contributed by atoms with E-state index < -0.39 is 5.60 Å². The highest BCUT2D eigenvalue weighted by atomic mass is 16.3. The summed E-state index contributed by atoms with van der Waals surface area (Å²) < 4.78 is 0. The van der Waals surface area contributed by atoms with Gasteiger partial charge in [-0.2, -0.15) is 0 Å². The van der Waals surface area contributed by atoms with Crippen LogP contribution in [0.25, 0.3) is 0 Å². The zero-order chi connectivity index (χ0) is 8.41. The largest absolute Gasteiger partial charge is 0.388 e. The van der Waals surface area contributed by atoms with Gasteiger partial charge >= 0.3 is 0 Å². The second kappa shape index (κ2) is 2.89. The van der Waals surface area contributed by atoms with Crippen LogP contribution in [0.3, 0.4) is 0 Å². The Morgan fingerprint density at radius 2 is 1.60 bits per heavy atom. The first kappa shape index (κ1) is 9.92. The molecule has 62 valence electrons. The fraction of sp³-hybridized carbons (Fsp3) is 1.00. The van der Waals surface area contributed by atoms with Crippen LogP contribution in [0, 0.1) is 5.41 Å². The van der Waals surface area contributed by atoms with Gasteiger partial charge in [0.1, 0.15) is 0 Å². The van der Waals surface area contributed by atoms with Gasteiger partial charge in [0, 0.05) is 6.54 Å². The molecular weight excluding hydrogens is 126 g/mol. The van der Waals surface area contributed by atoms with E-state index in [0.29, 0.717) is 6.54 Å². The normalized spacial score (nSPS) is 18.6. The van der Waals surface area contributed by atoms with E-state index in [-0.39, 0.29) is 5.41 Å². The summed E-state index contributed by atoms with van der Waals surface area (Å²) in [5, 5.41) is 12.8. The van der Waals surface area contributed by atoms with Gasteiger partial charge in [0.25, 0.3) is 0 Å². The van der Waals surface area contributed by atoms with Gasteiger partial charge in [0.2, 0.25) is 0 Å². The molecule has 2 nitrogen and oxygen atoms in total. The maximum Gasteiger partial charge on any atom is 0.0791 e. The molecule has 0 bridgehead atoms. The first-order valence-electron chi connectivity index (χ1n) is 3.68. The van der Waals surface area contributed by atoms with E-state index in [1.54, 1.807) is 0 Å². The predicted octanol–water partition coefficient (Wildman–Crippen LogP) is 1.00. The van der Waals surface area contributed by atoms with Gasteiger partial charge < -0.3 is 10.4 Å². The SMILES string of the molecule is CNCC(C)(O)C(C)(C)C. The second-order valence-electron chi connectivity index (χ2n) is 4.05. The van der Waals surface area contributed by atoms with Crippen molar-refractivity contribution >= 4 is 0 Å². The summed E-state index contributed by atoms with van der Waals surface area (Å²) in [6.07, 6.45) is 0. The Balaban J connectivity index is 4.10. The van der Waals surface area contributed by atoms with Crippen molar-refractivity contribution in [1.29, 1.82) is 0 Å². The first-order valence-corrected chi connectivity index (χ1v) is 3.68. The molecule has 2 N–H and O–H groups in total. The molecule has 0 spiro atoms. The Labute approximate surface area is 63.6 Å². The minimum Gasteiger partial charge on any atom is -0.388 e. The maximum atomic E-state index is 9.79. The van der Waals surface area contributed by atoms with Gasteiger partial charge in [-0.05, 0) is 19.4 Å². The molecule has 0 rings (SSSR count). The average molecular weight is 145 g/mol. The highest BCUT2D eigenvalue weighted by molar-refractivity contribution is 4.87. The van der Waals surface area contributed by atoms with Gasteiger partial charge in [0.15, 0.2) is 0 Å². The van der Waals surface area contributed by atoms with Crippen molar-refractivity contribution in [3.8, 4) is 0 Å². The number of hydrogen-bond donors (Lipinski definition) is 2. The van der Waals surface area contributed by atoms with E-state index in [1.165, 1.54) is 0 Å². The molecule has 0 aromatic rings. The molecule has 0 fully saturated rings. The van der Waals surface area contributed by atoms with E-state index >= 15 is 0 Å². The van der Waals surface area contributed by atoms with Crippen molar-refractivity contribution in [2.45, 2.75) is 33.3 Å². The molecule has 0 aliphatic carbocycles. The number of hydrogen-bond acceptors (Lipinski definition) is 2. The topological polar surface area (TPSA) is 32.3 Å². The quantitative estimate of drug-likeness (QED) is 0.607. The third-order valence-corrected chi connectivity index (χ3v) is 2.14. The van der Waals surface area contributed by atoms with Gasteiger partial charge in [0.05, 0.1) is 5.60 Å². The van der Waals surface area contributed by atoms with Gasteiger partial charge in [-0.1, -0.05) is 20.8 Å². The molecule has 0 saturated carbocycles. The fourth-order valence-corrected chi connectivity index (χ4v) is 0.609. The summed E-state index contributed by atoms with van der Waals surface area (Å²) in [6, 6.07) is 0. The van der Waals surface area contributed by atoms with E-state index in [0.717, 1.165) is 0 Å². The Morgan fingerprint density at radius 1 is 1.20 bits per heavy atom. The molecular formula is C8H19NO. The Hall–Kier alpha value is -0.0800. The maximum absolute atomic E-state index is 9.79. The third-order valence-electron chi connectivity index (χ3n) is 2.14. The Kier molecular flexibility index (Phi) is 2.86. The van der Waals surface area contributed by atoms with Crippen molar-refractivity contribution in [3.63, 3.8) is 0 Å².